The zero-order valence-corrected chi connectivity index (χ0v) is 20.2. The van der Waals surface area contributed by atoms with Crippen LogP contribution >= 0.6 is 0 Å². The fourth-order valence-electron chi connectivity index (χ4n) is 3.13. The quantitative estimate of drug-likeness (QED) is 0.301. The van der Waals surface area contributed by atoms with Crippen molar-refractivity contribution >= 4 is 24.2 Å². The molecule has 31 heavy (non-hydrogen) atoms. The van der Waals surface area contributed by atoms with Crippen molar-refractivity contribution in [1.82, 2.24) is 4.90 Å². The van der Waals surface area contributed by atoms with Crippen LogP contribution in [-0.4, -0.2) is 59.0 Å². The van der Waals surface area contributed by atoms with Gasteiger partial charge in [-0.1, -0.05) is 0 Å². The molecular formula is C22H37NO8. The van der Waals surface area contributed by atoms with Gasteiger partial charge in [0.25, 0.3) is 0 Å². The van der Waals surface area contributed by atoms with Crippen molar-refractivity contribution in [1.29, 1.82) is 0 Å². The summed E-state index contributed by atoms with van der Waals surface area (Å²) < 4.78 is 19.1. The highest BCUT2D eigenvalue weighted by molar-refractivity contribution is 5.85. The zero-order chi connectivity index (χ0) is 24.2. The first-order valence-corrected chi connectivity index (χ1v) is 10.5. The number of carbonyl (C=O) groups is 4. The van der Waals surface area contributed by atoms with Crippen molar-refractivity contribution in [3.63, 3.8) is 0 Å². The van der Waals surface area contributed by atoms with Crippen molar-refractivity contribution in [2.75, 3.05) is 13.1 Å². The van der Waals surface area contributed by atoms with Crippen molar-refractivity contribution in [2.45, 2.75) is 92.0 Å². The highest BCUT2D eigenvalue weighted by Gasteiger charge is 2.44. The highest BCUT2D eigenvalue weighted by Crippen LogP contribution is 2.35. The number of hydrogen-bond donors (Lipinski definition) is 0. The predicted molar refractivity (Wildman–Crippen MR) is 113 cm³/mol. The van der Waals surface area contributed by atoms with Crippen LogP contribution in [0.1, 0.15) is 75.2 Å². The molecule has 0 aromatic carbocycles. The lowest BCUT2D eigenvalue weighted by molar-refractivity contribution is -0.120. The van der Waals surface area contributed by atoms with Gasteiger partial charge in [-0.3, -0.25) is 4.79 Å². The first kappa shape index (κ1) is 26.7. The summed E-state index contributed by atoms with van der Waals surface area (Å²) >= 11 is 0. The molecule has 178 valence electrons. The van der Waals surface area contributed by atoms with Crippen LogP contribution < -0.4 is 0 Å². The molecule has 1 saturated carbocycles. The zero-order valence-electron chi connectivity index (χ0n) is 20.2. The molecule has 0 N–H and O–H groups in total. The average Bonchev–Trinajstić information content (AvgIpc) is 3.04. The van der Waals surface area contributed by atoms with Gasteiger partial charge in [0.2, 0.25) is 0 Å². The Kier molecular flexibility index (Phi) is 8.51. The Labute approximate surface area is 184 Å². The average molecular weight is 444 g/mol. The van der Waals surface area contributed by atoms with E-state index in [2.05, 4.69) is 4.74 Å². The minimum Gasteiger partial charge on any atom is -0.444 e. The molecule has 2 fully saturated rings. The summed E-state index contributed by atoms with van der Waals surface area (Å²) in [6.07, 6.45) is -0.775. The third-order valence-corrected chi connectivity index (χ3v) is 4.21. The van der Waals surface area contributed by atoms with Gasteiger partial charge in [-0.15, -0.1) is 0 Å². The summed E-state index contributed by atoms with van der Waals surface area (Å²) in [7, 11) is 0. The third-order valence-electron chi connectivity index (χ3n) is 4.21. The van der Waals surface area contributed by atoms with E-state index in [0.29, 0.717) is 31.2 Å². The molecule has 9 heteroatoms. The molecule has 9 nitrogen and oxygen atoms in total. The lowest BCUT2D eigenvalue weighted by atomic mass is 10.0. The molecule has 0 aromatic heterocycles. The smallest absolute Gasteiger partial charge is 0.444 e. The van der Waals surface area contributed by atoms with Crippen LogP contribution in [0.3, 0.4) is 0 Å². The number of likely N-dealkylation sites (tertiary alicyclic amines) is 1. The predicted octanol–water partition coefficient (Wildman–Crippen LogP) is 4.71. The van der Waals surface area contributed by atoms with E-state index in [9.17, 15) is 19.2 Å². The monoisotopic (exact) mass is 443 g/mol. The maximum absolute atomic E-state index is 11.8. The van der Waals surface area contributed by atoms with E-state index >= 15 is 0 Å². The molecule has 1 heterocycles. The first-order valence-electron chi connectivity index (χ1n) is 10.5. The van der Waals surface area contributed by atoms with Gasteiger partial charge in [-0.25, -0.2) is 14.4 Å². The molecule has 2 atom stereocenters. The van der Waals surface area contributed by atoms with Crippen LogP contribution in [0.4, 0.5) is 14.4 Å². The highest BCUT2D eigenvalue weighted by atomic mass is 16.8. The maximum atomic E-state index is 11.8. The minimum absolute atomic E-state index is 0.0764. The normalized spacial score (nSPS) is 20.9. The van der Waals surface area contributed by atoms with Crippen LogP contribution in [0.25, 0.3) is 0 Å². The summed E-state index contributed by atoms with van der Waals surface area (Å²) in [6, 6.07) is 0. The second-order valence-electron chi connectivity index (χ2n) is 10.8. The van der Waals surface area contributed by atoms with Gasteiger partial charge in [-0.2, -0.15) is 0 Å². The number of carbonyl (C=O) groups excluding carboxylic acids is 4. The van der Waals surface area contributed by atoms with Crippen molar-refractivity contribution in [2.24, 2.45) is 11.8 Å². The van der Waals surface area contributed by atoms with Crippen LogP contribution in [0.5, 0.6) is 0 Å². The Bertz CT molecular complexity index is 655. The minimum atomic E-state index is -1.06. The van der Waals surface area contributed by atoms with Crippen molar-refractivity contribution in [3.05, 3.63) is 0 Å². The van der Waals surface area contributed by atoms with E-state index in [1.165, 1.54) is 0 Å². The summed E-state index contributed by atoms with van der Waals surface area (Å²) in [5.74, 6) is 0.767. The van der Waals surface area contributed by atoms with Gasteiger partial charge < -0.3 is 23.8 Å². The number of fused-ring (bicyclic) bond motifs is 1. The van der Waals surface area contributed by atoms with Gasteiger partial charge in [0.05, 0.1) is 0 Å². The molecule has 0 aromatic rings. The molecule has 1 aliphatic carbocycles. The van der Waals surface area contributed by atoms with Crippen LogP contribution in [-0.2, 0) is 23.7 Å². The number of ketones is 1. The van der Waals surface area contributed by atoms with Crippen LogP contribution in [0.15, 0.2) is 0 Å². The van der Waals surface area contributed by atoms with Gasteiger partial charge in [0, 0.05) is 25.4 Å². The lowest BCUT2D eigenvalue weighted by Gasteiger charge is -2.24. The van der Waals surface area contributed by atoms with Gasteiger partial charge in [0.15, 0.2) is 0 Å². The summed E-state index contributed by atoms with van der Waals surface area (Å²) in [5.41, 5.74) is -1.85. The number of Topliss-reactive ketones (excluding diaryl/α,β-unsaturated/α-hetero) is 1. The summed E-state index contributed by atoms with van der Waals surface area (Å²) in [5, 5.41) is 0. The molecule has 1 aliphatic heterocycles. The second kappa shape index (κ2) is 9.87. The standard InChI is InChI=1S/C12H19NO3.C10H18O5/c1-12(2,3)16-11(15)13-6-8-4-5-10(14)9(8)7-13;1-9(2,3)14-7(11)13-8(12)15-10(4,5)6/h8-9H,4-7H2,1-3H3;1-6H3/t8-,9+;/m0./s1. The number of rotatable bonds is 0. The number of nitrogens with zero attached hydrogens (tertiary/aromatic N) is 1. The Balaban J connectivity index is 0.000000311. The molecule has 0 bridgehead atoms. The number of amides is 1. The fourth-order valence-corrected chi connectivity index (χ4v) is 3.13. The van der Waals surface area contributed by atoms with E-state index in [1.54, 1.807) is 46.4 Å². The SMILES string of the molecule is CC(C)(C)OC(=O)N1C[C@@H]2CCC(=O)[C@@H]2C1.CC(C)(C)OC(=O)OC(=O)OC(C)(C)C. The first-order chi connectivity index (χ1) is 13.9. The molecule has 1 amide bonds. The summed E-state index contributed by atoms with van der Waals surface area (Å²) in [6.45, 7) is 16.8. The van der Waals surface area contributed by atoms with Crippen LogP contribution in [0.2, 0.25) is 0 Å². The third kappa shape index (κ3) is 10.5. The summed E-state index contributed by atoms with van der Waals surface area (Å²) in [4.78, 5) is 47.0. The molecule has 0 spiro atoms. The molecule has 2 rings (SSSR count). The topological polar surface area (TPSA) is 108 Å². The molecule has 2 aliphatic rings. The second-order valence-corrected chi connectivity index (χ2v) is 10.8. The largest absolute Gasteiger partial charge is 0.519 e. The number of ether oxygens (including phenoxy) is 4. The van der Waals surface area contributed by atoms with Gasteiger partial charge >= 0.3 is 18.4 Å². The molecule has 0 radical (unpaired) electrons. The van der Waals surface area contributed by atoms with Gasteiger partial charge in [-0.05, 0) is 74.7 Å². The molecule has 0 unspecified atom stereocenters. The Morgan fingerprint density at radius 2 is 1.23 bits per heavy atom. The van der Waals surface area contributed by atoms with Crippen LogP contribution in [0, 0.1) is 11.8 Å². The fraction of sp³-hybridized carbons (Fsp3) is 0.818. The lowest BCUT2D eigenvalue weighted by Crippen LogP contribution is -2.36. The van der Waals surface area contributed by atoms with E-state index in [4.69, 9.17) is 14.2 Å². The van der Waals surface area contributed by atoms with E-state index in [1.807, 2.05) is 20.8 Å². The van der Waals surface area contributed by atoms with E-state index in [0.717, 1.165) is 6.42 Å². The number of hydrogen-bond acceptors (Lipinski definition) is 8. The maximum Gasteiger partial charge on any atom is 0.519 e. The van der Waals surface area contributed by atoms with Gasteiger partial charge in [0.1, 0.15) is 22.6 Å². The van der Waals surface area contributed by atoms with E-state index in [-0.39, 0.29) is 12.0 Å². The van der Waals surface area contributed by atoms with E-state index < -0.39 is 29.1 Å². The Morgan fingerprint density at radius 1 is 0.774 bits per heavy atom. The molecular weight excluding hydrogens is 406 g/mol. The Morgan fingerprint density at radius 3 is 1.61 bits per heavy atom. The van der Waals surface area contributed by atoms with Crippen molar-refractivity contribution < 1.29 is 38.1 Å². The molecule has 1 saturated heterocycles. The van der Waals surface area contributed by atoms with Crippen molar-refractivity contribution in [3.8, 4) is 0 Å². The Hall–Kier alpha value is -2.32.